The first-order valence-electron chi connectivity index (χ1n) is 7.08. The number of carbonyl (C=O) groups is 1. The van der Waals surface area contributed by atoms with Crippen LogP contribution in [-0.2, 0) is 16.4 Å². The summed E-state index contributed by atoms with van der Waals surface area (Å²) in [6.45, 7) is 2.99. The summed E-state index contributed by atoms with van der Waals surface area (Å²) < 4.78 is 25.5. The number of thiazole rings is 1. The van der Waals surface area contributed by atoms with Crippen LogP contribution in [0.15, 0.2) is 6.20 Å². The number of carboxylic acid groups (broad SMARTS) is 1. The van der Waals surface area contributed by atoms with Gasteiger partial charge < -0.3 is 5.11 Å². The molecule has 118 valence electrons. The summed E-state index contributed by atoms with van der Waals surface area (Å²) in [5, 5.41) is 9.70. The lowest BCUT2D eigenvalue weighted by Crippen LogP contribution is -2.40. The van der Waals surface area contributed by atoms with Crippen molar-refractivity contribution in [3.05, 3.63) is 16.1 Å². The molecule has 2 rings (SSSR count). The molecule has 1 fully saturated rings. The normalized spacial score (nSPS) is 18.0. The molecule has 2 heterocycles. The van der Waals surface area contributed by atoms with Crippen molar-refractivity contribution >= 4 is 27.3 Å². The molecule has 0 spiro atoms. The third-order valence-corrected chi connectivity index (χ3v) is 6.74. The predicted molar refractivity (Wildman–Crippen MR) is 81.2 cm³/mol. The summed E-state index contributed by atoms with van der Waals surface area (Å²) in [6, 6.07) is 0. The molecular formula is C13H20N2O4S2. The topological polar surface area (TPSA) is 87.6 Å². The van der Waals surface area contributed by atoms with E-state index in [9.17, 15) is 13.2 Å². The third kappa shape index (κ3) is 4.24. The van der Waals surface area contributed by atoms with Gasteiger partial charge in [0.25, 0.3) is 0 Å². The lowest BCUT2D eigenvalue weighted by atomic mass is 9.95. The van der Waals surface area contributed by atoms with E-state index in [1.54, 1.807) is 4.31 Å². The lowest BCUT2D eigenvalue weighted by Gasteiger charge is -2.30. The molecule has 21 heavy (non-hydrogen) atoms. The van der Waals surface area contributed by atoms with E-state index in [0.29, 0.717) is 25.4 Å². The van der Waals surface area contributed by atoms with Crippen LogP contribution in [0, 0.1) is 5.92 Å². The average Bonchev–Trinajstić information content (AvgIpc) is 2.88. The molecule has 1 aromatic heterocycles. The minimum absolute atomic E-state index is 0.214. The second-order valence-electron chi connectivity index (χ2n) is 5.29. The highest BCUT2D eigenvalue weighted by Gasteiger charge is 2.27. The zero-order valence-electron chi connectivity index (χ0n) is 12.0. The number of piperidine rings is 1. The van der Waals surface area contributed by atoms with E-state index in [1.165, 1.54) is 17.5 Å². The van der Waals surface area contributed by atoms with Crippen molar-refractivity contribution in [3.63, 3.8) is 0 Å². The van der Waals surface area contributed by atoms with Crippen molar-refractivity contribution in [2.75, 3.05) is 18.8 Å². The zero-order valence-corrected chi connectivity index (χ0v) is 13.6. The molecule has 6 nitrogen and oxygen atoms in total. The Bertz CT molecular complexity index is 589. The molecule has 1 saturated heterocycles. The third-order valence-electron chi connectivity index (χ3n) is 3.66. The first-order chi connectivity index (χ1) is 9.92. The molecule has 0 bridgehead atoms. The Balaban J connectivity index is 1.88. The minimum atomic E-state index is -3.09. The highest BCUT2D eigenvalue weighted by molar-refractivity contribution is 7.89. The number of rotatable bonds is 6. The average molecular weight is 332 g/mol. The van der Waals surface area contributed by atoms with Crippen molar-refractivity contribution in [1.82, 2.24) is 9.29 Å². The van der Waals surface area contributed by atoms with Gasteiger partial charge in [0.1, 0.15) is 4.88 Å². The lowest BCUT2D eigenvalue weighted by molar-refractivity contribution is 0.0702. The van der Waals surface area contributed by atoms with E-state index in [-0.39, 0.29) is 10.6 Å². The smallest absolute Gasteiger partial charge is 0.347 e. The van der Waals surface area contributed by atoms with Gasteiger partial charge in [-0.3, -0.25) is 0 Å². The van der Waals surface area contributed by atoms with Gasteiger partial charge in [0.2, 0.25) is 10.0 Å². The van der Waals surface area contributed by atoms with Crippen LogP contribution in [0.4, 0.5) is 0 Å². The molecule has 0 radical (unpaired) electrons. The van der Waals surface area contributed by atoms with Gasteiger partial charge in [-0.25, -0.2) is 22.5 Å². The largest absolute Gasteiger partial charge is 0.477 e. The van der Waals surface area contributed by atoms with Crippen LogP contribution in [0.5, 0.6) is 0 Å². The van der Waals surface area contributed by atoms with Gasteiger partial charge in [-0.15, -0.1) is 11.3 Å². The molecule has 0 amide bonds. The van der Waals surface area contributed by atoms with E-state index in [2.05, 4.69) is 4.98 Å². The first-order valence-corrected chi connectivity index (χ1v) is 9.50. The van der Waals surface area contributed by atoms with Crippen LogP contribution in [0.1, 0.15) is 40.9 Å². The number of aromatic nitrogens is 1. The number of carboxylic acids is 1. The first kappa shape index (κ1) is 16.4. The van der Waals surface area contributed by atoms with Gasteiger partial charge >= 0.3 is 5.97 Å². The second-order valence-corrected chi connectivity index (χ2v) is 8.49. The maximum Gasteiger partial charge on any atom is 0.347 e. The van der Waals surface area contributed by atoms with Gasteiger partial charge in [-0.1, -0.05) is 6.92 Å². The highest BCUT2D eigenvalue weighted by Crippen LogP contribution is 2.25. The van der Waals surface area contributed by atoms with Crippen LogP contribution in [0.3, 0.4) is 0 Å². The highest BCUT2D eigenvalue weighted by atomic mass is 32.2. The van der Waals surface area contributed by atoms with Crippen LogP contribution in [0.2, 0.25) is 0 Å². The van der Waals surface area contributed by atoms with Crippen molar-refractivity contribution in [2.24, 2.45) is 5.92 Å². The summed E-state index contributed by atoms with van der Waals surface area (Å²) in [5.41, 5.74) is 0. The Hall–Kier alpha value is -0.990. The monoisotopic (exact) mass is 332 g/mol. The summed E-state index contributed by atoms with van der Waals surface area (Å²) in [6.07, 6.45) is 4.39. The van der Waals surface area contributed by atoms with Crippen molar-refractivity contribution in [3.8, 4) is 0 Å². The van der Waals surface area contributed by atoms with Gasteiger partial charge in [-0.05, 0) is 25.2 Å². The number of hydrogen-bond donors (Lipinski definition) is 1. The summed E-state index contributed by atoms with van der Waals surface area (Å²) in [4.78, 5) is 15.2. The molecule has 0 aromatic carbocycles. The molecule has 0 saturated carbocycles. The maximum absolute atomic E-state index is 12.0. The number of sulfonamides is 1. The SMILES string of the molecule is CCCS(=O)(=O)N1CCC(Cc2ncc(C(=O)O)s2)CC1. The van der Waals surface area contributed by atoms with Crippen LogP contribution >= 0.6 is 11.3 Å². The molecular weight excluding hydrogens is 312 g/mol. The van der Waals surface area contributed by atoms with E-state index in [1.807, 2.05) is 6.92 Å². The number of aromatic carboxylic acids is 1. The van der Waals surface area contributed by atoms with Crippen LogP contribution in [0.25, 0.3) is 0 Å². The molecule has 0 unspecified atom stereocenters. The van der Waals surface area contributed by atoms with Crippen molar-refractivity contribution < 1.29 is 18.3 Å². The minimum Gasteiger partial charge on any atom is -0.477 e. The molecule has 1 aromatic rings. The van der Waals surface area contributed by atoms with E-state index in [0.717, 1.165) is 24.3 Å². The molecule has 0 atom stereocenters. The van der Waals surface area contributed by atoms with E-state index >= 15 is 0 Å². The fourth-order valence-electron chi connectivity index (χ4n) is 2.53. The molecule has 1 aliphatic heterocycles. The van der Waals surface area contributed by atoms with Gasteiger partial charge in [0, 0.05) is 19.5 Å². The molecule has 1 aliphatic rings. The Labute approximate surface area is 128 Å². The number of nitrogens with zero attached hydrogens (tertiary/aromatic N) is 2. The van der Waals surface area contributed by atoms with Crippen LogP contribution in [-0.4, -0.2) is 47.6 Å². The fraction of sp³-hybridized carbons (Fsp3) is 0.692. The second kappa shape index (κ2) is 6.85. The van der Waals surface area contributed by atoms with Crippen molar-refractivity contribution in [2.45, 2.75) is 32.6 Å². The Morgan fingerprint density at radius 1 is 1.48 bits per heavy atom. The summed E-state index contributed by atoms with van der Waals surface area (Å²) in [7, 11) is -3.09. The Morgan fingerprint density at radius 3 is 2.67 bits per heavy atom. The Kier molecular flexibility index (Phi) is 5.34. The van der Waals surface area contributed by atoms with Gasteiger partial charge in [-0.2, -0.15) is 0 Å². The predicted octanol–water partition coefficient (Wildman–Crippen LogP) is 1.84. The van der Waals surface area contributed by atoms with E-state index in [4.69, 9.17) is 5.11 Å². The van der Waals surface area contributed by atoms with Crippen molar-refractivity contribution in [1.29, 1.82) is 0 Å². The quantitative estimate of drug-likeness (QED) is 0.859. The summed E-state index contributed by atoms with van der Waals surface area (Å²) >= 11 is 1.21. The summed E-state index contributed by atoms with van der Waals surface area (Å²) in [5.74, 6) is -0.350. The molecule has 8 heteroatoms. The van der Waals surface area contributed by atoms with Gasteiger partial charge in [0.15, 0.2) is 0 Å². The van der Waals surface area contributed by atoms with Crippen LogP contribution < -0.4 is 0 Å². The van der Waals surface area contributed by atoms with Gasteiger partial charge in [0.05, 0.1) is 17.0 Å². The maximum atomic E-state index is 12.0. The Morgan fingerprint density at radius 2 is 2.14 bits per heavy atom. The molecule has 1 N–H and O–H groups in total. The molecule has 0 aliphatic carbocycles. The van der Waals surface area contributed by atoms with E-state index < -0.39 is 16.0 Å². The fourth-order valence-corrected chi connectivity index (χ4v) is 4.94. The zero-order chi connectivity index (χ0) is 15.5. The standard InChI is InChI=1S/C13H20N2O4S2/c1-2-7-21(18,19)15-5-3-10(4-6-15)8-12-14-9-11(20-12)13(16)17/h9-10H,2-8H2,1H3,(H,16,17). The number of hydrogen-bond acceptors (Lipinski definition) is 5.